The van der Waals surface area contributed by atoms with Crippen LogP contribution in [0.25, 0.3) is 0 Å². The van der Waals surface area contributed by atoms with Gasteiger partial charge in [-0.05, 0) is 31.2 Å². The molecule has 0 bridgehead atoms. The van der Waals surface area contributed by atoms with Crippen molar-refractivity contribution < 1.29 is 19.1 Å². The Kier molecular flexibility index (Phi) is 7.29. The summed E-state index contributed by atoms with van der Waals surface area (Å²) in [6.45, 7) is 3.43. The lowest BCUT2D eigenvalue weighted by molar-refractivity contribution is -0.118. The summed E-state index contributed by atoms with van der Waals surface area (Å²) in [6.07, 6.45) is 0.109. The monoisotopic (exact) mass is 319 g/mol. The van der Waals surface area contributed by atoms with Gasteiger partial charge in [-0.3, -0.25) is 9.59 Å². The second-order valence-electron chi connectivity index (χ2n) is 4.63. The van der Waals surface area contributed by atoms with Crippen LogP contribution >= 0.6 is 0 Å². The first-order valence-electron chi connectivity index (χ1n) is 7.09. The van der Waals surface area contributed by atoms with Crippen molar-refractivity contribution in [1.29, 1.82) is 5.53 Å². The summed E-state index contributed by atoms with van der Waals surface area (Å²) < 4.78 is 4.89. The number of hydrogen-bond donors (Lipinski definition) is 1. The Morgan fingerprint density at radius 3 is 2.43 bits per heavy atom. The van der Waals surface area contributed by atoms with Crippen LogP contribution in [0.5, 0.6) is 0 Å². The summed E-state index contributed by atoms with van der Waals surface area (Å²) in [5.74, 6) is -0.858. The van der Waals surface area contributed by atoms with E-state index in [0.717, 1.165) is 0 Å². The maximum Gasteiger partial charge on any atom is 0.338 e. The van der Waals surface area contributed by atoms with E-state index in [1.54, 1.807) is 31.2 Å². The van der Waals surface area contributed by atoms with Gasteiger partial charge in [-0.15, -0.1) is 0 Å². The van der Waals surface area contributed by atoms with Crippen LogP contribution in [0, 0.1) is 5.53 Å². The topological polar surface area (TPSA) is 114 Å². The lowest BCUT2D eigenvalue weighted by Crippen LogP contribution is -2.31. The normalized spacial score (nSPS) is 9.65. The third-order valence-corrected chi connectivity index (χ3v) is 3.00. The molecule has 0 unspecified atom stereocenters. The second kappa shape index (κ2) is 9.22. The number of Topliss-reactive ketones (excluding diaryl/α,β-unsaturated/α-hetero) is 1. The highest BCUT2D eigenvalue weighted by atomic mass is 16.5. The highest BCUT2D eigenvalue weighted by Gasteiger charge is 2.15. The van der Waals surface area contributed by atoms with Crippen LogP contribution in [0.2, 0.25) is 0 Å². The molecule has 8 nitrogen and oxygen atoms in total. The largest absolute Gasteiger partial charge is 0.462 e. The molecule has 0 radical (unpaired) electrons. The summed E-state index contributed by atoms with van der Waals surface area (Å²) in [6, 6.07) is 6.39. The van der Waals surface area contributed by atoms with Gasteiger partial charge in [-0.1, -0.05) is 0 Å². The second-order valence-corrected chi connectivity index (χ2v) is 4.63. The van der Waals surface area contributed by atoms with Gasteiger partial charge in [0.25, 0.3) is 0 Å². The van der Waals surface area contributed by atoms with Gasteiger partial charge in [0, 0.05) is 25.6 Å². The van der Waals surface area contributed by atoms with Crippen LogP contribution < -0.4 is 9.81 Å². The number of anilines is 1. The first kappa shape index (κ1) is 18.2. The van der Waals surface area contributed by atoms with Gasteiger partial charge in [-0.25, -0.2) is 4.79 Å². The smallest absolute Gasteiger partial charge is 0.338 e. The number of rotatable bonds is 8. The van der Waals surface area contributed by atoms with Gasteiger partial charge < -0.3 is 9.64 Å². The Bertz CT molecular complexity index is 621. The van der Waals surface area contributed by atoms with Crippen LogP contribution in [0.15, 0.2) is 29.4 Å². The Morgan fingerprint density at radius 2 is 1.91 bits per heavy atom. The Balaban J connectivity index is 2.77. The molecule has 0 aliphatic carbocycles. The minimum absolute atomic E-state index is 0.109. The van der Waals surface area contributed by atoms with Gasteiger partial charge >= 0.3 is 5.97 Å². The number of nitrogens with one attached hydrogen (secondary N) is 1. The highest BCUT2D eigenvalue weighted by Crippen LogP contribution is 2.17. The fourth-order valence-electron chi connectivity index (χ4n) is 1.89. The molecule has 0 saturated carbocycles. The molecule has 0 fully saturated rings. The van der Waals surface area contributed by atoms with Gasteiger partial charge in [0.2, 0.25) is 10.8 Å². The zero-order valence-corrected chi connectivity index (χ0v) is 13.1. The average molecular weight is 319 g/mol. The molecule has 1 N–H and O–H groups in total. The average Bonchev–Trinajstić information content (AvgIpc) is 2.53. The minimum Gasteiger partial charge on any atom is -0.462 e. The Labute approximate surface area is 133 Å². The lowest BCUT2D eigenvalue weighted by atomic mass is 10.2. The van der Waals surface area contributed by atoms with Crippen LogP contribution in [0.1, 0.15) is 30.6 Å². The van der Waals surface area contributed by atoms with Gasteiger partial charge in [0.05, 0.1) is 12.2 Å². The Morgan fingerprint density at radius 1 is 1.26 bits per heavy atom. The van der Waals surface area contributed by atoms with Crippen LogP contribution in [0.4, 0.5) is 5.69 Å². The maximum absolute atomic E-state index is 11.7. The molecule has 1 amide bonds. The minimum atomic E-state index is -0.427. The molecule has 1 rings (SSSR count). The number of esters is 1. The van der Waals surface area contributed by atoms with E-state index in [4.69, 9.17) is 10.3 Å². The van der Waals surface area contributed by atoms with Crippen molar-refractivity contribution in [2.24, 2.45) is 5.11 Å². The first-order chi connectivity index (χ1) is 11.0. The first-order valence-corrected chi connectivity index (χ1v) is 7.09. The molecule has 1 aromatic carbocycles. The molecule has 0 aliphatic rings. The van der Waals surface area contributed by atoms with E-state index in [2.05, 4.69) is 10.0 Å². The van der Waals surface area contributed by atoms with Crippen LogP contribution in [0.3, 0.4) is 0 Å². The molecular weight excluding hydrogens is 300 g/mol. The van der Waals surface area contributed by atoms with Crippen molar-refractivity contribution in [2.75, 3.05) is 24.6 Å². The number of hydrogen-bond acceptors (Lipinski definition) is 6. The van der Waals surface area contributed by atoms with E-state index < -0.39 is 5.97 Å². The summed E-state index contributed by atoms with van der Waals surface area (Å²) in [5.41, 5.74) is 7.48. The van der Waals surface area contributed by atoms with Gasteiger partial charge in [0.1, 0.15) is 10.6 Å². The zero-order chi connectivity index (χ0) is 17.2. The number of amides is 1. The van der Waals surface area contributed by atoms with Crippen molar-refractivity contribution in [3.05, 3.63) is 29.8 Å². The summed E-state index contributed by atoms with van der Waals surface area (Å²) in [5, 5.41) is 3.30. The van der Waals surface area contributed by atoms with Crippen LogP contribution in [-0.2, 0) is 14.3 Å². The van der Waals surface area contributed by atoms with E-state index in [0.29, 0.717) is 11.3 Å². The van der Waals surface area contributed by atoms with Crippen LogP contribution in [-0.4, -0.2) is 37.4 Å². The summed E-state index contributed by atoms with van der Waals surface area (Å²) in [7, 11) is 0. The van der Waals surface area contributed by atoms with Crippen molar-refractivity contribution >= 4 is 23.3 Å². The van der Waals surface area contributed by atoms with E-state index >= 15 is 0 Å². The molecule has 0 aromatic heterocycles. The third kappa shape index (κ3) is 5.80. The molecular formula is C15H19N4O4+. The molecule has 8 heteroatoms. The fraction of sp³-hybridized carbons (Fsp3) is 0.400. The van der Waals surface area contributed by atoms with E-state index in [1.165, 1.54) is 11.8 Å². The molecule has 0 heterocycles. The molecule has 122 valence electrons. The van der Waals surface area contributed by atoms with Crippen molar-refractivity contribution in [1.82, 2.24) is 4.91 Å². The predicted molar refractivity (Wildman–Crippen MR) is 82.2 cm³/mol. The molecule has 23 heavy (non-hydrogen) atoms. The van der Waals surface area contributed by atoms with Crippen molar-refractivity contribution in [2.45, 2.75) is 20.3 Å². The molecule has 0 atom stereocenters. The quantitative estimate of drug-likeness (QED) is 0.446. The van der Waals surface area contributed by atoms with Crippen molar-refractivity contribution in [3.63, 3.8) is 0 Å². The van der Waals surface area contributed by atoms with Gasteiger partial charge in [0.15, 0.2) is 12.3 Å². The molecule has 1 aromatic rings. The van der Waals surface area contributed by atoms with Gasteiger partial charge in [-0.2, -0.15) is 0 Å². The SMILES string of the molecule is CCOC(=O)c1ccc(N(CCC(=O)CN=[N+]=N)C(C)=O)cc1. The number of ketones is 1. The van der Waals surface area contributed by atoms with Crippen molar-refractivity contribution in [3.8, 4) is 0 Å². The number of carbonyl (C=O) groups excluding carboxylic acids is 3. The number of benzene rings is 1. The van der Waals surface area contributed by atoms with E-state index in [9.17, 15) is 14.4 Å². The lowest BCUT2D eigenvalue weighted by Gasteiger charge is -2.20. The zero-order valence-electron chi connectivity index (χ0n) is 13.1. The summed E-state index contributed by atoms with van der Waals surface area (Å²) in [4.78, 5) is 39.1. The van der Waals surface area contributed by atoms with E-state index in [1.807, 2.05) is 0 Å². The standard InChI is InChI=1S/C15H19N4O4/c1-3-23-15(22)12-4-6-13(7-5-12)19(11(2)20)9-8-14(21)10-17-18-16/h4-7,16H,3,8-10H2,1-2H3/q+1. The number of ether oxygens (including phenoxy) is 1. The predicted octanol–water partition coefficient (Wildman–Crippen LogP) is 1.73. The van der Waals surface area contributed by atoms with E-state index in [-0.39, 0.29) is 37.8 Å². The summed E-state index contributed by atoms with van der Waals surface area (Å²) >= 11 is 0. The Hall–Kier alpha value is -2.86. The third-order valence-electron chi connectivity index (χ3n) is 3.00. The molecule has 0 saturated heterocycles. The fourth-order valence-corrected chi connectivity index (χ4v) is 1.89. The number of nitrogens with zero attached hydrogens (tertiary/aromatic N) is 3. The number of carbonyl (C=O) groups is 3. The highest BCUT2D eigenvalue weighted by molar-refractivity contribution is 5.94. The molecule has 0 spiro atoms. The maximum atomic E-state index is 11.7. The molecule has 0 aliphatic heterocycles.